The van der Waals surface area contributed by atoms with Crippen LogP contribution in [0.5, 0.6) is 0 Å². The van der Waals surface area contributed by atoms with E-state index in [1.54, 1.807) is 0 Å². The third-order valence-corrected chi connectivity index (χ3v) is 4.06. The van der Waals surface area contributed by atoms with E-state index in [0.29, 0.717) is 0 Å². The maximum absolute atomic E-state index is 9.65. The topological polar surface area (TPSA) is 23.8 Å². The van der Waals surface area contributed by atoms with Crippen molar-refractivity contribution in [2.45, 2.75) is 32.6 Å². The minimum atomic E-state index is -0.116. The zero-order valence-electron chi connectivity index (χ0n) is 11.4. The summed E-state index contributed by atoms with van der Waals surface area (Å²) in [5.74, 6) is -0.116. The molecule has 0 aliphatic heterocycles. The summed E-state index contributed by atoms with van der Waals surface area (Å²) in [6, 6.07) is 15.3. The van der Waals surface area contributed by atoms with Crippen molar-refractivity contribution in [3.8, 4) is 6.07 Å². The van der Waals surface area contributed by atoms with E-state index in [9.17, 15) is 5.26 Å². The molecule has 0 fully saturated rings. The van der Waals surface area contributed by atoms with Crippen molar-refractivity contribution < 1.29 is 0 Å². The minimum Gasteiger partial charge on any atom is -0.197 e. The lowest BCUT2D eigenvalue weighted by atomic mass is 9.86. The van der Waals surface area contributed by atoms with Gasteiger partial charge in [0.1, 0.15) is 0 Å². The fourth-order valence-electron chi connectivity index (χ4n) is 3.29. The Bertz CT molecular complexity index is 677. The number of benzene rings is 2. The summed E-state index contributed by atoms with van der Waals surface area (Å²) in [4.78, 5) is 0. The van der Waals surface area contributed by atoms with Crippen molar-refractivity contribution in [1.82, 2.24) is 0 Å². The van der Waals surface area contributed by atoms with E-state index >= 15 is 0 Å². The van der Waals surface area contributed by atoms with Crippen molar-refractivity contribution in [3.05, 3.63) is 69.8 Å². The van der Waals surface area contributed by atoms with Crippen LogP contribution in [-0.4, -0.2) is 0 Å². The van der Waals surface area contributed by atoms with Crippen LogP contribution in [0.1, 0.15) is 39.3 Å². The van der Waals surface area contributed by atoms with Gasteiger partial charge >= 0.3 is 0 Å². The van der Waals surface area contributed by atoms with Crippen LogP contribution in [0.25, 0.3) is 0 Å². The Balaban J connectivity index is 2.28. The Morgan fingerprint density at radius 3 is 2.58 bits per heavy atom. The normalized spacial score (nSPS) is 17.0. The lowest BCUT2D eigenvalue weighted by Crippen LogP contribution is -2.04. The lowest BCUT2D eigenvalue weighted by Gasteiger charge is -2.16. The fourth-order valence-corrected chi connectivity index (χ4v) is 3.29. The van der Waals surface area contributed by atoms with Crippen LogP contribution >= 0.6 is 0 Å². The van der Waals surface area contributed by atoms with Crippen molar-refractivity contribution in [1.29, 1.82) is 5.26 Å². The third-order valence-electron chi connectivity index (χ3n) is 4.06. The summed E-state index contributed by atoms with van der Waals surface area (Å²) in [7, 11) is 0. The van der Waals surface area contributed by atoms with E-state index < -0.39 is 0 Å². The molecule has 0 bridgehead atoms. The summed E-state index contributed by atoms with van der Waals surface area (Å²) in [6.07, 6.45) is 2.07. The highest BCUT2D eigenvalue weighted by atomic mass is 14.3. The number of nitrogens with zero attached hydrogens (tertiary/aromatic N) is 1. The largest absolute Gasteiger partial charge is 0.197 e. The van der Waals surface area contributed by atoms with Crippen molar-refractivity contribution in [2.24, 2.45) is 0 Å². The van der Waals surface area contributed by atoms with E-state index in [0.717, 1.165) is 12.8 Å². The van der Waals surface area contributed by atoms with Crippen molar-refractivity contribution in [3.63, 3.8) is 0 Å². The first-order valence-electron chi connectivity index (χ1n) is 6.78. The van der Waals surface area contributed by atoms with Crippen molar-refractivity contribution in [2.75, 3.05) is 0 Å². The molecule has 1 aliphatic carbocycles. The van der Waals surface area contributed by atoms with Gasteiger partial charge in [-0.25, -0.2) is 0 Å². The molecule has 0 saturated carbocycles. The Hall–Kier alpha value is -2.07. The maximum atomic E-state index is 9.65. The van der Waals surface area contributed by atoms with Gasteiger partial charge in [0.05, 0.1) is 12.0 Å². The second-order valence-corrected chi connectivity index (χ2v) is 5.42. The molecule has 0 amide bonds. The molecule has 94 valence electrons. The molecule has 1 unspecified atom stereocenters. The number of aryl methyl sites for hydroxylation is 4. The molecule has 0 spiro atoms. The monoisotopic (exact) mass is 247 g/mol. The Labute approximate surface area is 114 Å². The van der Waals surface area contributed by atoms with Crippen LogP contribution in [0.2, 0.25) is 0 Å². The van der Waals surface area contributed by atoms with Gasteiger partial charge < -0.3 is 0 Å². The minimum absolute atomic E-state index is 0.116. The second kappa shape index (κ2) is 4.55. The maximum Gasteiger partial charge on any atom is 0.0970 e. The molecular formula is C18H17N. The Kier molecular flexibility index (Phi) is 2.87. The van der Waals surface area contributed by atoms with Gasteiger partial charge in [-0.1, -0.05) is 42.0 Å². The average molecular weight is 247 g/mol. The van der Waals surface area contributed by atoms with Crippen LogP contribution in [0, 0.1) is 25.2 Å². The smallest absolute Gasteiger partial charge is 0.0970 e. The molecule has 0 N–H and O–H groups in total. The number of hydrogen-bond acceptors (Lipinski definition) is 1. The highest BCUT2D eigenvalue weighted by molar-refractivity contribution is 5.52. The van der Waals surface area contributed by atoms with Crippen LogP contribution in [0.3, 0.4) is 0 Å². The SMILES string of the molecule is Cc1cc(C)c2c(c1)CCc1ccccc1C2C#N. The number of nitriles is 1. The summed E-state index contributed by atoms with van der Waals surface area (Å²) in [6.45, 7) is 4.26. The average Bonchev–Trinajstić information content (AvgIpc) is 2.55. The molecular weight excluding hydrogens is 230 g/mol. The Morgan fingerprint density at radius 2 is 1.79 bits per heavy atom. The van der Waals surface area contributed by atoms with Gasteiger partial charge in [0.25, 0.3) is 0 Å². The van der Waals surface area contributed by atoms with E-state index in [4.69, 9.17) is 0 Å². The lowest BCUT2D eigenvalue weighted by molar-refractivity contribution is 0.959. The predicted octanol–water partition coefficient (Wildman–Crippen LogP) is 4.06. The Morgan fingerprint density at radius 1 is 1.05 bits per heavy atom. The molecule has 19 heavy (non-hydrogen) atoms. The van der Waals surface area contributed by atoms with Crippen molar-refractivity contribution >= 4 is 0 Å². The summed E-state index contributed by atoms with van der Waals surface area (Å²) >= 11 is 0. The summed E-state index contributed by atoms with van der Waals surface area (Å²) in [5.41, 5.74) is 7.63. The van der Waals surface area contributed by atoms with Crippen LogP contribution < -0.4 is 0 Å². The van der Waals surface area contributed by atoms with E-state index in [-0.39, 0.29) is 5.92 Å². The molecule has 1 nitrogen and oxygen atoms in total. The molecule has 1 heteroatoms. The zero-order valence-corrected chi connectivity index (χ0v) is 11.4. The van der Waals surface area contributed by atoms with Crippen LogP contribution in [0.15, 0.2) is 36.4 Å². The standard InChI is InChI=1S/C18H17N/c1-12-9-13(2)18-15(10-12)8-7-14-5-3-4-6-16(14)17(18)11-19/h3-6,9-10,17H,7-8H2,1-2H3. The molecule has 2 aromatic rings. The van der Waals surface area contributed by atoms with Gasteiger partial charge in [0, 0.05) is 0 Å². The first-order chi connectivity index (χ1) is 9.20. The first-order valence-corrected chi connectivity index (χ1v) is 6.78. The molecule has 3 rings (SSSR count). The molecule has 1 atom stereocenters. The summed E-state index contributed by atoms with van der Waals surface area (Å²) in [5, 5.41) is 9.65. The van der Waals surface area contributed by atoms with Gasteiger partial charge in [-0.05, 0) is 54.5 Å². The number of rotatable bonds is 0. The summed E-state index contributed by atoms with van der Waals surface area (Å²) < 4.78 is 0. The van der Waals surface area contributed by atoms with Gasteiger partial charge in [0.2, 0.25) is 0 Å². The number of hydrogen-bond donors (Lipinski definition) is 0. The number of fused-ring (bicyclic) bond motifs is 2. The molecule has 0 heterocycles. The predicted molar refractivity (Wildman–Crippen MR) is 77.2 cm³/mol. The van der Waals surface area contributed by atoms with Gasteiger partial charge in [0.15, 0.2) is 0 Å². The highest BCUT2D eigenvalue weighted by Crippen LogP contribution is 2.36. The fraction of sp³-hybridized carbons (Fsp3) is 0.278. The molecule has 0 aromatic heterocycles. The van der Waals surface area contributed by atoms with E-state index in [1.807, 2.05) is 6.07 Å². The zero-order chi connectivity index (χ0) is 13.4. The molecule has 0 radical (unpaired) electrons. The van der Waals surface area contributed by atoms with Crippen LogP contribution in [0.4, 0.5) is 0 Å². The second-order valence-electron chi connectivity index (χ2n) is 5.42. The van der Waals surface area contributed by atoms with E-state index in [1.165, 1.54) is 33.4 Å². The van der Waals surface area contributed by atoms with E-state index in [2.05, 4.69) is 50.2 Å². The van der Waals surface area contributed by atoms with Crippen LogP contribution in [-0.2, 0) is 12.8 Å². The quantitative estimate of drug-likeness (QED) is 0.688. The molecule has 1 aliphatic rings. The van der Waals surface area contributed by atoms with Gasteiger partial charge in [-0.15, -0.1) is 0 Å². The van der Waals surface area contributed by atoms with Gasteiger partial charge in [-0.3, -0.25) is 0 Å². The first kappa shape index (κ1) is 12.0. The van der Waals surface area contributed by atoms with Gasteiger partial charge in [-0.2, -0.15) is 5.26 Å². The third kappa shape index (κ3) is 1.94. The highest BCUT2D eigenvalue weighted by Gasteiger charge is 2.24. The molecule has 0 saturated heterocycles. The molecule has 2 aromatic carbocycles.